The van der Waals surface area contributed by atoms with Gasteiger partial charge in [0.25, 0.3) is 5.91 Å². The van der Waals surface area contributed by atoms with Crippen molar-refractivity contribution < 1.29 is 14.8 Å². The van der Waals surface area contributed by atoms with Gasteiger partial charge < -0.3 is 15.4 Å². The number of amides is 1. The van der Waals surface area contributed by atoms with E-state index in [2.05, 4.69) is 12.2 Å². The first-order valence-electron chi connectivity index (χ1n) is 7.35. The molecule has 0 aliphatic heterocycles. The van der Waals surface area contributed by atoms with Gasteiger partial charge >= 0.3 is 7.12 Å². The molecule has 1 amide bonds. The molecule has 1 atom stereocenters. The lowest BCUT2D eigenvalue weighted by atomic mass is 9.80. The molecule has 2 rings (SSSR count). The number of nitrogens with one attached hydrogen (secondary N) is 1. The second-order valence-corrected chi connectivity index (χ2v) is 5.66. The van der Waals surface area contributed by atoms with Gasteiger partial charge in [-0.1, -0.05) is 31.4 Å². The highest BCUT2D eigenvalue weighted by Crippen LogP contribution is 2.26. The zero-order chi connectivity index (χ0) is 14.5. The van der Waals surface area contributed by atoms with Gasteiger partial charge in [-0.3, -0.25) is 4.79 Å². The fourth-order valence-corrected chi connectivity index (χ4v) is 2.85. The topological polar surface area (TPSA) is 69.6 Å². The minimum absolute atomic E-state index is 0.0953. The van der Waals surface area contributed by atoms with Crippen LogP contribution in [0.4, 0.5) is 0 Å². The highest BCUT2D eigenvalue weighted by Gasteiger charge is 2.22. The zero-order valence-corrected chi connectivity index (χ0v) is 11.9. The van der Waals surface area contributed by atoms with Crippen LogP contribution in [0.1, 0.15) is 49.4 Å². The molecule has 20 heavy (non-hydrogen) atoms. The monoisotopic (exact) mass is 275 g/mol. The van der Waals surface area contributed by atoms with E-state index < -0.39 is 7.12 Å². The average Bonchev–Trinajstić information content (AvgIpc) is 2.48. The molecular formula is C15H22BNO3. The van der Waals surface area contributed by atoms with Crippen molar-refractivity contribution in [2.24, 2.45) is 5.92 Å². The number of carbonyl (C=O) groups excluding carboxylic acids is 1. The van der Waals surface area contributed by atoms with Crippen molar-refractivity contribution in [3.8, 4) is 0 Å². The lowest BCUT2D eigenvalue weighted by Crippen LogP contribution is -2.39. The van der Waals surface area contributed by atoms with Gasteiger partial charge in [0.05, 0.1) is 0 Å². The third-order valence-corrected chi connectivity index (χ3v) is 4.19. The molecule has 0 saturated heterocycles. The van der Waals surface area contributed by atoms with Crippen molar-refractivity contribution in [2.45, 2.75) is 45.1 Å². The van der Waals surface area contributed by atoms with E-state index in [4.69, 9.17) is 10.0 Å². The standard InChI is InChI=1S/C15H22BNO3/c1-11(12-5-3-2-4-6-12)17-15(18)13-7-9-14(10-8-13)16(19)20/h7-12,19-20H,2-6H2,1H3,(H,17,18)/t11-/m1/s1. The minimum atomic E-state index is -1.49. The molecule has 4 nitrogen and oxygen atoms in total. The molecule has 1 aliphatic carbocycles. The highest BCUT2D eigenvalue weighted by atomic mass is 16.4. The van der Waals surface area contributed by atoms with Crippen molar-refractivity contribution in [1.29, 1.82) is 0 Å². The maximum atomic E-state index is 12.1. The molecule has 1 aliphatic rings. The molecular weight excluding hydrogens is 253 g/mol. The van der Waals surface area contributed by atoms with Crippen LogP contribution in [0.2, 0.25) is 0 Å². The lowest BCUT2D eigenvalue weighted by Gasteiger charge is -2.28. The molecule has 1 fully saturated rings. The van der Waals surface area contributed by atoms with Crippen LogP contribution in [0.25, 0.3) is 0 Å². The SMILES string of the molecule is C[C@@H](NC(=O)c1ccc(B(O)O)cc1)C1CCCCC1. The van der Waals surface area contributed by atoms with Crippen LogP contribution >= 0.6 is 0 Å². The van der Waals surface area contributed by atoms with Crippen molar-refractivity contribution in [3.05, 3.63) is 29.8 Å². The van der Waals surface area contributed by atoms with Crippen molar-refractivity contribution in [2.75, 3.05) is 0 Å². The second-order valence-electron chi connectivity index (χ2n) is 5.66. The van der Waals surface area contributed by atoms with Gasteiger partial charge in [0.1, 0.15) is 0 Å². The maximum absolute atomic E-state index is 12.1. The fourth-order valence-electron chi connectivity index (χ4n) is 2.85. The van der Waals surface area contributed by atoms with E-state index in [1.165, 1.54) is 32.1 Å². The Balaban J connectivity index is 1.93. The quantitative estimate of drug-likeness (QED) is 0.720. The van der Waals surface area contributed by atoms with E-state index in [9.17, 15) is 4.79 Å². The lowest BCUT2D eigenvalue weighted by molar-refractivity contribution is 0.0919. The summed E-state index contributed by atoms with van der Waals surface area (Å²) in [5.74, 6) is 0.480. The number of benzene rings is 1. The Kier molecular flexibility index (Phi) is 5.20. The summed E-state index contributed by atoms with van der Waals surface area (Å²) in [7, 11) is -1.49. The van der Waals surface area contributed by atoms with E-state index in [1.54, 1.807) is 24.3 Å². The van der Waals surface area contributed by atoms with Gasteiger partial charge in [0.2, 0.25) is 0 Å². The third-order valence-electron chi connectivity index (χ3n) is 4.19. The molecule has 3 N–H and O–H groups in total. The summed E-state index contributed by atoms with van der Waals surface area (Å²) in [5, 5.41) is 21.1. The Labute approximate surface area is 120 Å². The second kappa shape index (κ2) is 6.91. The van der Waals surface area contributed by atoms with Crippen molar-refractivity contribution >= 4 is 18.5 Å². The van der Waals surface area contributed by atoms with E-state index in [0.717, 1.165) is 0 Å². The van der Waals surface area contributed by atoms with Gasteiger partial charge in [-0.15, -0.1) is 0 Å². The van der Waals surface area contributed by atoms with Gasteiger partial charge in [-0.05, 0) is 43.3 Å². The largest absolute Gasteiger partial charge is 0.488 e. The average molecular weight is 275 g/mol. The predicted octanol–water partition coefficient (Wildman–Crippen LogP) is 1.06. The Morgan fingerprint density at radius 3 is 2.35 bits per heavy atom. The van der Waals surface area contributed by atoms with Crippen LogP contribution < -0.4 is 10.8 Å². The number of carbonyl (C=O) groups is 1. The molecule has 108 valence electrons. The first-order chi connectivity index (χ1) is 9.58. The Hall–Kier alpha value is -1.33. The Bertz CT molecular complexity index is 441. The summed E-state index contributed by atoms with van der Waals surface area (Å²) in [6.45, 7) is 2.07. The van der Waals surface area contributed by atoms with E-state index in [-0.39, 0.29) is 11.9 Å². The molecule has 1 aromatic rings. The molecule has 0 unspecified atom stereocenters. The van der Waals surface area contributed by atoms with E-state index in [1.807, 2.05) is 0 Å². The molecule has 0 heterocycles. The number of hydrogen-bond acceptors (Lipinski definition) is 3. The minimum Gasteiger partial charge on any atom is -0.423 e. The summed E-state index contributed by atoms with van der Waals surface area (Å²) in [6.07, 6.45) is 6.21. The normalized spacial score (nSPS) is 17.6. The zero-order valence-electron chi connectivity index (χ0n) is 11.9. The molecule has 1 aromatic carbocycles. The first-order valence-corrected chi connectivity index (χ1v) is 7.35. The molecule has 0 radical (unpaired) electrons. The summed E-state index contributed by atoms with van der Waals surface area (Å²) >= 11 is 0. The molecule has 0 spiro atoms. The molecule has 0 aromatic heterocycles. The van der Waals surface area contributed by atoms with Crippen LogP contribution in [0.5, 0.6) is 0 Å². The third kappa shape index (κ3) is 3.84. The Morgan fingerprint density at radius 2 is 1.80 bits per heavy atom. The number of rotatable bonds is 4. The highest BCUT2D eigenvalue weighted by molar-refractivity contribution is 6.58. The van der Waals surface area contributed by atoms with Gasteiger partial charge in [-0.25, -0.2) is 0 Å². The summed E-state index contributed by atoms with van der Waals surface area (Å²) in [6, 6.07) is 6.55. The maximum Gasteiger partial charge on any atom is 0.488 e. The summed E-state index contributed by atoms with van der Waals surface area (Å²) in [5.41, 5.74) is 0.943. The fraction of sp³-hybridized carbons (Fsp3) is 0.533. The van der Waals surface area contributed by atoms with Gasteiger partial charge in [0, 0.05) is 11.6 Å². The molecule has 1 saturated carbocycles. The van der Waals surface area contributed by atoms with Crippen LogP contribution in [-0.2, 0) is 0 Å². The van der Waals surface area contributed by atoms with Gasteiger partial charge in [-0.2, -0.15) is 0 Å². The van der Waals surface area contributed by atoms with Crippen LogP contribution in [-0.4, -0.2) is 29.1 Å². The summed E-state index contributed by atoms with van der Waals surface area (Å²) in [4.78, 5) is 12.1. The molecule has 5 heteroatoms. The van der Waals surface area contributed by atoms with Gasteiger partial charge in [0.15, 0.2) is 0 Å². The van der Waals surface area contributed by atoms with Crippen LogP contribution in [0, 0.1) is 5.92 Å². The Morgan fingerprint density at radius 1 is 1.20 bits per heavy atom. The predicted molar refractivity (Wildman–Crippen MR) is 79.8 cm³/mol. The first kappa shape index (κ1) is 15.1. The molecule has 0 bridgehead atoms. The summed E-state index contributed by atoms with van der Waals surface area (Å²) < 4.78 is 0. The van der Waals surface area contributed by atoms with E-state index >= 15 is 0 Å². The van der Waals surface area contributed by atoms with Crippen LogP contribution in [0.3, 0.4) is 0 Å². The van der Waals surface area contributed by atoms with Crippen LogP contribution in [0.15, 0.2) is 24.3 Å². The van der Waals surface area contributed by atoms with Crippen molar-refractivity contribution in [1.82, 2.24) is 5.32 Å². The van der Waals surface area contributed by atoms with Crippen molar-refractivity contribution in [3.63, 3.8) is 0 Å². The smallest absolute Gasteiger partial charge is 0.423 e. The van der Waals surface area contributed by atoms with E-state index in [0.29, 0.717) is 16.9 Å². The number of hydrogen-bond donors (Lipinski definition) is 3.